The molecule has 0 spiro atoms. The molecule has 0 aliphatic carbocycles. The first kappa shape index (κ1) is 20.9. The summed E-state index contributed by atoms with van der Waals surface area (Å²) in [5, 5.41) is 7.86. The quantitative estimate of drug-likeness (QED) is 0.689. The van der Waals surface area contributed by atoms with Gasteiger partial charge in [0, 0.05) is 30.3 Å². The summed E-state index contributed by atoms with van der Waals surface area (Å²) >= 11 is 11.7. The van der Waals surface area contributed by atoms with E-state index in [1.807, 2.05) is 37.3 Å². The largest absolute Gasteiger partial charge is 0.497 e. The van der Waals surface area contributed by atoms with E-state index in [2.05, 4.69) is 27.7 Å². The molecule has 1 fully saturated rings. The zero-order valence-corrected chi connectivity index (χ0v) is 17.8. The van der Waals surface area contributed by atoms with Gasteiger partial charge in [-0.1, -0.05) is 29.8 Å². The Hall–Kier alpha value is -1.86. The van der Waals surface area contributed by atoms with E-state index in [1.54, 1.807) is 7.11 Å². The van der Waals surface area contributed by atoms with Crippen molar-refractivity contribution in [3.8, 4) is 5.75 Å². The van der Waals surface area contributed by atoms with Crippen LogP contribution in [0.15, 0.2) is 42.5 Å². The van der Waals surface area contributed by atoms with Gasteiger partial charge in [0.05, 0.1) is 26.4 Å². The minimum absolute atomic E-state index is 0.191. The van der Waals surface area contributed by atoms with Crippen molar-refractivity contribution >= 4 is 34.6 Å². The van der Waals surface area contributed by atoms with Gasteiger partial charge in [0.1, 0.15) is 5.75 Å². The number of hydrogen-bond acceptors (Lipinski definition) is 4. The van der Waals surface area contributed by atoms with Crippen molar-refractivity contribution < 1.29 is 9.47 Å². The lowest BCUT2D eigenvalue weighted by atomic mass is 10.0. The molecule has 0 aromatic heterocycles. The lowest BCUT2D eigenvalue weighted by Crippen LogP contribution is -2.44. The normalized spacial score (nSPS) is 15.7. The Labute approximate surface area is 177 Å². The van der Waals surface area contributed by atoms with E-state index in [0.717, 1.165) is 48.3 Å². The fourth-order valence-corrected chi connectivity index (χ4v) is 3.59. The van der Waals surface area contributed by atoms with Crippen LogP contribution in [-0.2, 0) is 4.74 Å². The Morgan fingerprint density at radius 2 is 1.93 bits per heavy atom. The molecule has 1 aliphatic rings. The standard InChI is InChI=1S/C21H26ClN3O2S/c1-15-3-6-17(13-19(15)22)24-21(28)23-14-20(25-9-11-27-12-10-25)16-4-7-18(26-2)8-5-16/h3-8,13,20H,9-12,14H2,1-2H3,(H2,23,24,28)/t20-/m0/s1. The smallest absolute Gasteiger partial charge is 0.170 e. The first-order chi connectivity index (χ1) is 13.6. The SMILES string of the molecule is COc1ccc([C@H](CNC(=S)Nc2ccc(C)c(Cl)c2)N2CCOCC2)cc1. The maximum absolute atomic E-state index is 6.20. The number of ether oxygens (including phenoxy) is 2. The van der Waals surface area contributed by atoms with Gasteiger partial charge in [-0.3, -0.25) is 4.90 Å². The van der Waals surface area contributed by atoms with Crippen LogP contribution < -0.4 is 15.4 Å². The second-order valence-electron chi connectivity index (χ2n) is 6.74. The Morgan fingerprint density at radius 3 is 2.57 bits per heavy atom. The lowest BCUT2D eigenvalue weighted by molar-refractivity contribution is 0.0170. The molecule has 0 saturated carbocycles. The van der Waals surface area contributed by atoms with Crippen LogP contribution in [0.4, 0.5) is 5.69 Å². The van der Waals surface area contributed by atoms with Crippen LogP contribution >= 0.6 is 23.8 Å². The second kappa shape index (κ2) is 10.1. The van der Waals surface area contributed by atoms with E-state index < -0.39 is 0 Å². The summed E-state index contributed by atoms with van der Waals surface area (Å²) in [5.41, 5.74) is 3.13. The number of aryl methyl sites for hydroxylation is 1. The molecular weight excluding hydrogens is 394 g/mol. The topological polar surface area (TPSA) is 45.8 Å². The van der Waals surface area contributed by atoms with Crippen LogP contribution in [0.25, 0.3) is 0 Å². The van der Waals surface area contributed by atoms with Crippen LogP contribution in [0.2, 0.25) is 5.02 Å². The van der Waals surface area contributed by atoms with Gasteiger partial charge in [0.15, 0.2) is 5.11 Å². The molecule has 1 atom stereocenters. The third-order valence-corrected chi connectivity index (χ3v) is 5.53. The molecule has 2 aromatic carbocycles. The fraction of sp³-hybridized carbons (Fsp3) is 0.381. The highest BCUT2D eigenvalue weighted by Gasteiger charge is 2.23. The molecule has 1 aliphatic heterocycles. The Morgan fingerprint density at radius 1 is 1.21 bits per heavy atom. The Kier molecular flexibility index (Phi) is 7.50. The summed E-state index contributed by atoms with van der Waals surface area (Å²) in [7, 11) is 1.68. The van der Waals surface area contributed by atoms with E-state index in [9.17, 15) is 0 Å². The number of rotatable bonds is 6. The van der Waals surface area contributed by atoms with Crippen molar-refractivity contribution in [2.75, 3.05) is 45.3 Å². The molecule has 2 aromatic rings. The third-order valence-electron chi connectivity index (χ3n) is 4.87. The molecular formula is C21H26ClN3O2S. The molecule has 1 heterocycles. The average Bonchev–Trinajstić information content (AvgIpc) is 2.72. The minimum atomic E-state index is 0.191. The number of morpholine rings is 1. The van der Waals surface area contributed by atoms with Gasteiger partial charge < -0.3 is 20.1 Å². The number of hydrogen-bond donors (Lipinski definition) is 2. The third kappa shape index (κ3) is 5.58. The first-order valence-electron chi connectivity index (χ1n) is 9.33. The van der Waals surface area contributed by atoms with Gasteiger partial charge in [-0.25, -0.2) is 0 Å². The predicted octanol–water partition coefficient (Wildman–Crippen LogP) is 4.02. The van der Waals surface area contributed by atoms with Crippen LogP contribution in [0.5, 0.6) is 5.75 Å². The molecule has 2 N–H and O–H groups in total. The zero-order valence-electron chi connectivity index (χ0n) is 16.2. The van der Waals surface area contributed by atoms with Gasteiger partial charge in [-0.2, -0.15) is 0 Å². The summed E-state index contributed by atoms with van der Waals surface area (Å²) in [6.07, 6.45) is 0. The molecule has 0 amide bonds. The van der Waals surface area contributed by atoms with Gasteiger partial charge in [0.25, 0.3) is 0 Å². The molecule has 0 unspecified atom stereocenters. The van der Waals surface area contributed by atoms with E-state index in [4.69, 9.17) is 33.3 Å². The van der Waals surface area contributed by atoms with Crippen molar-refractivity contribution in [2.24, 2.45) is 0 Å². The van der Waals surface area contributed by atoms with Gasteiger partial charge in [0.2, 0.25) is 0 Å². The first-order valence-corrected chi connectivity index (χ1v) is 10.1. The lowest BCUT2D eigenvalue weighted by Gasteiger charge is -2.35. The van der Waals surface area contributed by atoms with Crippen molar-refractivity contribution in [1.29, 1.82) is 0 Å². The number of halogens is 1. The second-order valence-corrected chi connectivity index (χ2v) is 7.55. The number of benzene rings is 2. The summed E-state index contributed by atoms with van der Waals surface area (Å²) in [5.74, 6) is 0.853. The molecule has 150 valence electrons. The zero-order chi connectivity index (χ0) is 19.9. The summed E-state index contributed by atoms with van der Waals surface area (Å²) in [6.45, 7) is 5.95. The fourth-order valence-electron chi connectivity index (χ4n) is 3.21. The molecule has 7 heteroatoms. The summed E-state index contributed by atoms with van der Waals surface area (Å²) in [6, 6.07) is 14.2. The van der Waals surface area contributed by atoms with Gasteiger partial charge in [-0.05, 0) is 54.5 Å². The number of anilines is 1. The van der Waals surface area contributed by atoms with Crippen LogP contribution in [-0.4, -0.2) is 50.0 Å². The van der Waals surface area contributed by atoms with Gasteiger partial charge >= 0.3 is 0 Å². The minimum Gasteiger partial charge on any atom is -0.497 e. The van der Waals surface area contributed by atoms with Crippen molar-refractivity contribution in [2.45, 2.75) is 13.0 Å². The van der Waals surface area contributed by atoms with Crippen molar-refractivity contribution in [3.05, 3.63) is 58.6 Å². The molecule has 0 bridgehead atoms. The molecule has 1 saturated heterocycles. The van der Waals surface area contributed by atoms with E-state index in [1.165, 1.54) is 5.56 Å². The van der Waals surface area contributed by atoms with E-state index in [0.29, 0.717) is 11.7 Å². The van der Waals surface area contributed by atoms with Crippen molar-refractivity contribution in [3.63, 3.8) is 0 Å². The molecule has 5 nitrogen and oxygen atoms in total. The highest BCUT2D eigenvalue weighted by molar-refractivity contribution is 7.80. The summed E-state index contributed by atoms with van der Waals surface area (Å²) in [4.78, 5) is 2.42. The van der Waals surface area contributed by atoms with Crippen LogP contribution in [0.3, 0.4) is 0 Å². The number of nitrogens with zero attached hydrogens (tertiary/aromatic N) is 1. The summed E-state index contributed by atoms with van der Waals surface area (Å²) < 4.78 is 10.8. The Bertz CT molecular complexity index is 795. The molecule has 3 rings (SSSR count). The highest BCUT2D eigenvalue weighted by Crippen LogP contribution is 2.24. The predicted molar refractivity (Wildman–Crippen MR) is 119 cm³/mol. The monoisotopic (exact) mass is 419 g/mol. The van der Waals surface area contributed by atoms with Crippen LogP contribution in [0, 0.1) is 6.92 Å². The average molecular weight is 420 g/mol. The number of nitrogens with one attached hydrogen (secondary N) is 2. The number of thiocarbonyl (C=S) groups is 1. The van der Waals surface area contributed by atoms with Crippen molar-refractivity contribution in [1.82, 2.24) is 10.2 Å². The maximum Gasteiger partial charge on any atom is 0.170 e. The molecule has 28 heavy (non-hydrogen) atoms. The maximum atomic E-state index is 6.20. The van der Waals surface area contributed by atoms with E-state index >= 15 is 0 Å². The Balaban J connectivity index is 1.66. The van der Waals surface area contributed by atoms with Crippen LogP contribution in [0.1, 0.15) is 17.2 Å². The van der Waals surface area contributed by atoms with E-state index in [-0.39, 0.29) is 6.04 Å². The number of methoxy groups -OCH3 is 1. The highest BCUT2D eigenvalue weighted by atomic mass is 35.5. The molecule has 0 radical (unpaired) electrons. The van der Waals surface area contributed by atoms with Gasteiger partial charge in [-0.15, -0.1) is 0 Å².